The molecule has 0 atom stereocenters. The fourth-order valence-electron chi connectivity index (χ4n) is 2.08. The number of hydrogen-bond donors (Lipinski definition) is 0. The van der Waals surface area contributed by atoms with Crippen molar-refractivity contribution in [2.75, 3.05) is 20.6 Å². The Morgan fingerprint density at radius 3 is 2.72 bits per heavy atom. The minimum absolute atomic E-state index is 0.0749. The second-order valence-corrected chi connectivity index (χ2v) is 5.14. The molecule has 0 saturated carbocycles. The van der Waals surface area contributed by atoms with Gasteiger partial charge < -0.3 is 9.47 Å². The largest absolute Gasteiger partial charge is 0.344 e. The molecule has 0 N–H and O–H groups in total. The van der Waals surface area contributed by atoms with Gasteiger partial charge in [-0.1, -0.05) is 23.7 Å². The zero-order valence-electron chi connectivity index (χ0n) is 10.9. The van der Waals surface area contributed by atoms with Crippen LogP contribution in [0.3, 0.4) is 0 Å². The Morgan fingerprint density at radius 2 is 2.11 bits per heavy atom. The van der Waals surface area contributed by atoms with Crippen molar-refractivity contribution < 1.29 is 4.79 Å². The number of likely N-dealkylation sites (N-methyl/N-ethyl adjacent to an activating group) is 1. The van der Waals surface area contributed by atoms with Crippen LogP contribution >= 0.6 is 11.6 Å². The van der Waals surface area contributed by atoms with E-state index in [-0.39, 0.29) is 5.78 Å². The SMILES string of the molecule is CC(=O)c1cn(CCN(C)C)c2c(Cl)cccc12. The van der Waals surface area contributed by atoms with Crippen molar-refractivity contribution >= 4 is 28.3 Å². The smallest absolute Gasteiger partial charge is 0.161 e. The minimum atomic E-state index is 0.0749. The maximum absolute atomic E-state index is 11.7. The fraction of sp³-hybridized carbons (Fsp3) is 0.357. The third-order valence-corrected chi connectivity index (χ3v) is 3.32. The predicted molar refractivity (Wildman–Crippen MR) is 75.5 cm³/mol. The molecule has 0 aliphatic rings. The van der Waals surface area contributed by atoms with Crippen LogP contribution in [-0.4, -0.2) is 35.9 Å². The fourth-order valence-corrected chi connectivity index (χ4v) is 2.36. The number of hydrogen-bond acceptors (Lipinski definition) is 2. The topological polar surface area (TPSA) is 25.2 Å². The van der Waals surface area contributed by atoms with Crippen LogP contribution in [0, 0.1) is 0 Å². The van der Waals surface area contributed by atoms with Gasteiger partial charge in [-0.3, -0.25) is 4.79 Å². The lowest BCUT2D eigenvalue weighted by molar-refractivity contribution is 0.101. The summed E-state index contributed by atoms with van der Waals surface area (Å²) in [6.07, 6.45) is 1.91. The number of fused-ring (bicyclic) bond motifs is 1. The zero-order chi connectivity index (χ0) is 13.3. The molecule has 0 radical (unpaired) electrons. The maximum atomic E-state index is 11.7. The van der Waals surface area contributed by atoms with Gasteiger partial charge in [0.15, 0.2) is 5.78 Å². The standard InChI is InChI=1S/C14H17ClN2O/c1-10(18)12-9-17(8-7-16(2)3)14-11(12)5-4-6-13(14)15/h4-6,9H,7-8H2,1-3H3. The van der Waals surface area contributed by atoms with Gasteiger partial charge >= 0.3 is 0 Å². The van der Waals surface area contributed by atoms with Crippen LogP contribution < -0.4 is 0 Å². The number of para-hydroxylation sites is 1. The highest BCUT2D eigenvalue weighted by Gasteiger charge is 2.13. The van der Waals surface area contributed by atoms with Crippen LogP contribution in [0.2, 0.25) is 5.02 Å². The highest BCUT2D eigenvalue weighted by molar-refractivity contribution is 6.35. The van der Waals surface area contributed by atoms with Gasteiger partial charge in [0.1, 0.15) is 0 Å². The first-order valence-corrected chi connectivity index (χ1v) is 6.31. The van der Waals surface area contributed by atoms with E-state index in [1.54, 1.807) is 6.92 Å². The van der Waals surface area contributed by atoms with E-state index in [4.69, 9.17) is 11.6 Å². The Kier molecular flexibility index (Phi) is 3.73. The van der Waals surface area contributed by atoms with Crippen molar-refractivity contribution in [2.24, 2.45) is 0 Å². The molecule has 2 aromatic rings. The monoisotopic (exact) mass is 264 g/mol. The van der Waals surface area contributed by atoms with Gasteiger partial charge in [0, 0.05) is 30.2 Å². The number of Topliss-reactive ketones (excluding diaryl/α,β-unsaturated/α-hetero) is 1. The molecule has 0 fully saturated rings. The van der Waals surface area contributed by atoms with Crippen molar-refractivity contribution in [3.05, 3.63) is 35.0 Å². The van der Waals surface area contributed by atoms with Crippen LogP contribution in [-0.2, 0) is 6.54 Å². The number of rotatable bonds is 4. The summed E-state index contributed by atoms with van der Waals surface area (Å²) >= 11 is 6.25. The summed E-state index contributed by atoms with van der Waals surface area (Å²) in [6.45, 7) is 3.32. The maximum Gasteiger partial charge on any atom is 0.161 e. The van der Waals surface area contributed by atoms with Crippen LogP contribution in [0.4, 0.5) is 0 Å². The van der Waals surface area contributed by atoms with Crippen LogP contribution in [0.25, 0.3) is 10.9 Å². The summed E-state index contributed by atoms with van der Waals surface area (Å²) in [5, 5.41) is 1.63. The average molecular weight is 265 g/mol. The van der Waals surface area contributed by atoms with Gasteiger partial charge in [0.2, 0.25) is 0 Å². The van der Waals surface area contributed by atoms with Crippen molar-refractivity contribution in [3.63, 3.8) is 0 Å². The third-order valence-electron chi connectivity index (χ3n) is 3.02. The Hall–Kier alpha value is -1.32. The van der Waals surface area contributed by atoms with Crippen molar-refractivity contribution in [3.8, 4) is 0 Å². The van der Waals surface area contributed by atoms with E-state index in [0.717, 1.165) is 29.6 Å². The molecule has 18 heavy (non-hydrogen) atoms. The minimum Gasteiger partial charge on any atom is -0.344 e. The number of carbonyl (C=O) groups is 1. The molecule has 96 valence electrons. The number of benzene rings is 1. The molecular weight excluding hydrogens is 248 g/mol. The highest BCUT2D eigenvalue weighted by atomic mass is 35.5. The summed E-state index contributed by atoms with van der Waals surface area (Å²) in [7, 11) is 4.05. The normalized spacial score (nSPS) is 11.4. The first-order chi connectivity index (χ1) is 8.50. The van der Waals surface area contributed by atoms with Crippen molar-refractivity contribution in [1.82, 2.24) is 9.47 Å². The van der Waals surface area contributed by atoms with Gasteiger partial charge in [0.05, 0.1) is 10.5 Å². The van der Waals surface area contributed by atoms with Crippen molar-refractivity contribution in [1.29, 1.82) is 0 Å². The highest BCUT2D eigenvalue weighted by Crippen LogP contribution is 2.28. The lowest BCUT2D eigenvalue weighted by atomic mass is 10.1. The summed E-state index contributed by atoms with van der Waals surface area (Å²) in [5.74, 6) is 0.0749. The van der Waals surface area contributed by atoms with Crippen molar-refractivity contribution in [2.45, 2.75) is 13.5 Å². The molecular formula is C14H17ClN2O. The zero-order valence-corrected chi connectivity index (χ0v) is 11.7. The van der Waals surface area contributed by atoms with E-state index in [1.165, 1.54) is 0 Å². The van der Waals surface area contributed by atoms with Crippen LogP contribution in [0.15, 0.2) is 24.4 Å². The molecule has 0 saturated heterocycles. The summed E-state index contributed by atoms with van der Waals surface area (Å²) in [6, 6.07) is 5.69. The molecule has 0 spiro atoms. The molecule has 3 nitrogen and oxygen atoms in total. The van der Waals surface area contributed by atoms with Gasteiger partial charge in [-0.05, 0) is 27.1 Å². The van der Waals surface area contributed by atoms with E-state index in [9.17, 15) is 4.79 Å². The summed E-state index contributed by atoms with van der Waals surface area (Å²) < 4.78 is 2.06. The Labute approximate surface area is 112 Å². The van der Waals surface area contributed by atoms with Crippen LogP contribution in [0.1, 0.15) is 17.3 Å². The van der Waals surface area contributed by atoms with Gasteiger partial charge in [-0.15, -0.1) is 0 Å². The number of ketones is 1. The molecule has 0 bridgehead atoms. The lowest BCUT2D eigenvalue weighted by Crippen LogP contribution is -2.18. The number of nitrogens with zero attached hydrogens (tertiary/aromatic N) is 2. The predicted octanol–water partition coefficient (Wildman–Crippen LogP) is 3.06. The quantitative estimate of drug-likeness (QED) is 0.793. The van der Waals surface area contributed by atoms with Gasteiger partial charge in [0.25, 0.3) is 0 Å². The summed E-state index contributed by atoms with van der Waals surface area (Å²) in [5.41, 5.74) is 1.69. The molecule has 0 aliphatic heterocycles. The Morgan fingerprint density at radius 1 is 1.39 bits per heavy atom. The van der Waals surface area contributed by atoms with Gasteiger partial charge in [-0.25, -0.2) is 0 Å². The molecule has 1 heterocycles. The van der Waals surface area contributed by atoms with Gasteiger partial charge in [-0.2, -0.15) is 0 Å². The number of carbonyl (C=O) groups excluding carboxylic acids is 1. The second-order valence-electron chi connectivity index (χ2n) is 4.73. The molecule has 0 amide bonds. The number of halogens is 1. The van der Waals surface area contributed by atoms with E-state index in [1.807, 2.05) is 38.5 Å². The van der Waals surface area contributed by atoms with Crippen LogP contribution in [0.5, 0.6) is 0 Å². The molecule has 1 aromatic heterocycles. The molecule has 0 unspecified atom stereocenters. The number of aromatic nitrogens is 1. The van der Waals surface area contributed by atoms with E-state index < -0.39 is 0 Å². The molecule has 0 aliphatic carbocycles. The molecule has 1 aromatic carbocycles. The Balaban J connectivity index is 2.55. The first kappa shape index (κ1) is 13.1. The molecule has 2 rings (SSSR count). The lowest BCUT2D eigenvalue weighted by Gasteiger charge is -2.11. The first-order valence-electron chi connectivity index (χ1n) is 5.93. The van der Waals surface area contributed by atoms with E-state index in [0.29, 0.717) is 5.02 Å². The second kappa shape index (κ2) is 5.12. The van der Waals surface area contributed by atoms with E-state index in [2.05, 4.69) is 9.47 Å². The van der Waals surface area contributed by atoms with E-state index >= 15 is 0 Å². The average Bonchev–Trinajstić information content (AvgIpc) is 2.67. The Bertz CT molecular complexity index is 587. The molecule has 4 heteroatoms. The third kappa shape index (κ3) is 2.42. The summed E-state index contributed by atoms with van der Waals surface area (Å²) in [4.78, 5) is 13.8.